The minimum atomic E-state index is -1.03. The first-order valence-corrected chi connectivity index (χ1v) is 8.15. The van der Waals surface area contributed by atoms with Crippen LogP contribution in [0.15, 0.2) is 54.6 Å². The van der Waals surface area contributed by atoms with Gasteiger partial charge < -0.3 is 15.1 Å². The molecule has 0 spiro atoms. The molecule has 1 heterocycles. The van der Waals surface area contributed by atoms with Crippen molar-refractivity contribution in [1.82, 2.24) is 4.90 Å². The molecule has 130 valence electrons. The molecule has 1 aliphatic heterocycles. The van der Waals surface area contributed by atoms with E-state index >= 15 is 0 Å². The van der Waals surface area contributed by atoms with Gasteiger partial charge in [0.2, 0.25) is 0 Å². The van der Waals surface area contributed by atoms with E-state index in [1.54, 1.807) is 12.1 Å². The number of aliphatic hydroxyl groups excluding tert-OH is 1. The van der Waals surface area contributed by atoms with Crippen molar-refractivity contribution in [3.8, 4) is 0 Å². The monoisotopic (exact) mass is 340 g/mol. The van der Waals surface area contributed by atoms with E-state index in [1.165, 1.54) is 9.80 Å². The van der Waals surface area contributed by atoms with Gasteiger partial charge in [-0.15, -0.1) is 0 Å². The highest BCUT2D eigenvalue weighted by atomic mass is 16.4. The summed E-state index contributed by atoms with van der Waals surface area (Å²) in [5.41, 5.74) is 2.38. The second-order valence-corrected chi connectivity index (χ2v) is 5.97. The highest BCUT2D eigenvalue weighted by Gasteiger charge is 2.40. The Morgan fingerprint density at radius 1 is 1.08 bits per heavy atom. The average Bonchev–Trinajstić information content (AvgIpc) is 3.01. The maximum absolute atomic E-state index is 13.1. The van der Waals surface area contributed by atoms with E-state index in [4.69, 9.17) is 0 Å². The number of urea groups is 1. The van der Waals surface area contributed by atoms with Crippen LogP contribution in [0.5, 0.6) is 0 Å². The molecular formula is C19H20N2O4. The first kappa shape index (κ1) is 17.0. The standard InChI is InChI=1S/C19H20N2O4/c22-11-10-20(13-14-6-2-1-3-7-14)19(25)21-16-9-5-4-8-15(16)12-17(21)18(23)24/h1-9,17,22H,10-13H2,(H,23,24). The number of carboxylic acids is 1. The van der Waals surface area contributed by atoms with E-state index in [0.717, 1.165) is 11.1 Å². The maximum Gasteiger partial charge on any atom is 0.327 e. The number of benzene rings is 2. The molecule has 2 aromatic carbocycles. The smallest absolute Gasteiger partial charge is 0.327 e. The number of nitrogens with zero attached hydrogens (tertiary/aromatic N) is 2. The second kappa shape index (κ2) is 7.36. The summed E-state index contributed by atoms with van der Waals surface area (Å²) in [6.07, 6.45) is 0.287. The van der Waals surface area contributed by atoms with E-state index in [2.05, 4.69) is 0 Å². The highest BCUT2D eigenvalue weighted by Crippen LogP contribution is 2.33. The number of carboxylic acid groups (broad SMARTS) is 1. The van der Waals surface area contributed by atoms with Gasteiger partial charge in [0.05, 0.1) is 6.61 Å². The summed E-state index contributed by atoms with van der Waals surface area (Å²) in [6.45, 7) is 0.260. The zero-order valence-corrected chi connectivity index (χ0v) is 13.7. The second-order valence-electron chi connectivity index (χ2n) is 5.97. The number of para-hydroxylation sites is 1. The molecule has 6 heteroatoms. The minimum absolute atomic E-state index is 0.138. The van der Waals surface area contributed by atoms with Crippen LogP contribution in [-0.4, -0.2) is 46.3 Å². The van der Waals surface area contributed by atoms with Crippen LogP contribution in [-0.2, 0) is 17.8 Å². The molecule has 0 fully saturated rings. The third-order valence-corrected chi connectivity index (χ3v) is 4.32. The summed E-state index contributed by atoms with van der Waals surface area (Å²) in [6, 6.07) is 15.3. The zero-order valence-electron chi connectivity index (χ0n) is 13.7. The SMILES string of the molecule is O=C(O)C1Cc2ccccc2N1C(=O)N(CCO)Cc1ccccc1. The first-order chi connectivity index (χ1) is 12.1. The predicted molar refractivity (Wildman–Crippen MR) is 93.4 cm³/mol. The van der Waals surface area contributed by atoms with Crippen LogP contribution in [0.4, 0.5) is 10.5 Å². The van der Waals surface area contributed by atoms with Gasteiger partial charge in [-0.2, -0.15) is 0 Å². The Hall–Kier alpha value is -2.86. The normalized spacial score (nSPS) is 15.7. The van der Waals surface area contributed by atoms with Crippen molar-refractivity contribution in [3.63, 3.8) is 0 Å². The largest absolute Gasteiger partial charge is 0.480 e. The molecule has 2 amide bonds. The van der Waals surface area contributed by atoms with Gasteiger partial charge in [0.1, 0.15) is 6.04 Å². The molecule has 0 aromatic heterocycles. The third-order valence-electron chi connectivity index (χ3n) is 4.32. The number of amides is 2. The van der Waals surface area contributed by atoms with Gasteiger partial charge in [-0.3, -0.25) is 4.90 Å². The molecule has 0 aliphatic carbocycles. The number of hydrogen-bond acceptors (Lipinski definition) is 3. The lowest BCUT2D eigenvalue weighted by Crippen LogP contribution is -2.50. The zero-order chi connectivity index (χ0) is 17.8. The summed E-state index contributed by atoms with van der Waals surface area (Å²) in [5.74, 6) is -1.03. The van der Waals surface area contributed by atoms with Crippen LogP contribution in [0.3, 0.4) is 0 Å². The molecular weight excluding hydrogens is 320 g/mol. The summed E-state index contributed by atoms with van der Waals surface area (Å²) in [4.78, 5) is 27.6. The minimum Gasteiger partial charge on any atom is -0.480 e. The lowest BCUT2D eigenvalue weighted by atomic mass is 10.1. The third kappa shape index (κ3) is 3.49. The summed E-state index contributed by atoms with van der Waals surface area (Å²) >= 11 is 0. The molecule has 2 aromatic rings. The molecule has 1 unspecified atom stereocenters. The van der Waals surface area contributed by atoms with Crippen LogP contribution >= 0.6 is 0 Å². The number of carbonyl (C=O) groups is 2. The van der Waals surface area contributed by atoms with Gasteiger partial charge in [0.15, 0.2) is 0 Å². The summed E-state index contributed by atoms with van der Waals surface area (Å²) in [5, 5.41) is 18.9. The lowest BCUT2D eigenvalue weighted by Gasteiger charge is -2.30. The number of fused-ring (bicyclic) bond motifs is 1. The summed E-state index contributed by atoms with van der Waals surface area (Å²) in [7, 11) is 0. The molecule has 0 saturated carbocycles. The Balaban J connectivity index is 1.90. The van der Waals surface area contributed by atoms with E-state index < -0.39 is 18.0 Å². The van der Waals surface area contributed by atoms with E-state index in [0.29, 0.717) is 12.2 Å². The quantitative estimate of drug-likeness (QED) is 0.873. The number of aliphatic hydroxyl groups is 1. The van der Waals surface area contributed by atoms with Crippen molar-refractivity contribution in [1.29, 1.82) is 0 Å². The molecule has 0 radical (unpaired) electrons. The van der Waals surface area contributed by atoms with Crippen LogP contribution in [0, 0.1) is 0 Å². The van der Waals surface area contributed by atoms with Crippen molar-refractivity contribution in [2.45, 2.75) is 19.0 Å². The van der Waals surface area contributed by atoms with Crippen LogP contribution in [0.25, 0.3) is 0 Å². The fourth-order valence-corrected chi connectivity index (χ4v) is 3.14. The fourth-order valence-electron chi connectivity index (χ4n) is 3.14. The van der Waals surface area contributed by atoms with Crippen molar-refractivity contribution in [2.75, 3.05) is 18.1 Å². The molecule has 1 atom stereocenters. The van der Waals surface area contributed by atoms with Crippen molar-refractivity contribution in [2.24, 2.45) is 0 Å². The molecule has 0 saturated heterocycles. The Kier molecular flexibility index (Phi) is 5.00. The van der Waals surface area contributed by atoms with E-state index in [-0.39, 0.29) is 19.6 Å². The van der Waals surface area contributed by atoms with E-state index in [1.807, 2.05) is 42.5 Å². The number of rotatable bonds is 5. The molecule has 6 nitrogen and oxygen atoms in total. The van der Waals surface area contributed by atoms with Crippen molar-refractivity contribution >= 4 is 17.7 Å². The van der Waals surface area contributed by atoms with Gasteiger partial charge in [0, 0.05) is 25.2 Å². The van der Waals surface area contributed by atoms with Crippen LogP contribution in [0.1, 0.15) is 11.1 Å². The van der Waals surface area contributed by atoms with Crippen LogP contribution < -0.4 is 4.90 Å². The molecule has 0 bridgehead atoms. The average molecular weight is 340 g/mol. The first-order valence-electron chi connectivity index (χ1n) is 8.15. The lowest BCUT2D eigenvalue weighted by molar-refractivity contribution is -0.138. The maximum atomic E-state index is 13.1. The van der Waals surface area contributed by atoms with Crippen LogP contribution in [0.2, 0.25) is 0 Å². The molecule has 3 rings (SSSR count). The molecule has 2 N–H and O–H groups in total. The Labute approximate surface area is 145 Å². The van der Waals surface area contributed by atoms with Gasteiger partial charge >= 0.3 is 12.0 Å². The van der Waals surface area contributed by atoms with Crippen molar-refractivity contribution in [3.05, 3.63) is 65.7 Å². The van der Waals surface area contributed by atoms with Gasteiger partial charge in [-0.05, 0) is 17.2 Å². The number of hydrogen-bond donors (Lipinski definition) is 2. The van der Waals surface area contributed by atoms with E-state index in [9.17, 15) is 19.8 Å². The fraction of sp³-hybridized carbons (Fsp3) is 0.263. The Morgan fingerprint density at radius 3 is 2.44 bits per heavy atom. The summed E-state index contributed by atoms with van der Waals surface area (Å²) < 4.78 is 0. The topological polar surface area (TPSA) is 81.1 Å². The molecule has 1 aliphatic rings. The molecule has 25 heavy (non-hydrogen) atoms. The number of anilines is 1. The van der Waals surface area contributed by atoms with Gasteiger partial charge in [-0.1, -0.05) is 48.5 Å². The number of carbonyl (C=O) groups excluding carboxylic acids is 1. The highest BCUT2D eigenvalue weighted by molar-refractivity contribution is 6.01. The number of aliphatic carboxylic acids is 1. The Morgan fingerprint density at radius 2 is 1.76 bits per heavy atom. The predicted octanol–water partition coefficient (Wildman–Crippen LogP) is 2.12. The van der Waals surface area contributed by atoms with Gasteiger partial charge in [-0.25, -0.2) is 9.59 Å². The van der Waals surface area contributed by atoms with Crippen molar-refractivity contribution < 1.29 is 19.8 Å². The van der Waals surface area contributed by atoms with Gasteiger partial charge in [0.25, 0.3) is 0 Å². The Bertz CT molecular complexity index is 763.